The molecule has 0 aliphatic heterocycles. The van der Waals surface area contributed by atoms with Crippen molar-refractivity contribution in [2.75, 3.05) is 27.2 Å². The number of rotatable bonds is 9. The van der Waals surface area contributed by atoms with Crippen molar-refractivity contribution in [2.45, 2.75) is 45.6 Å². The highest BCUT2D eigenvalue weighted by Crippen LogP contribution is 2.34. The summed E-state index contributed by atoms with van der Waals surface area (Å²) >= 11 is 0. The Morgan fingerprint density at radius 3 is 2.67 bits per heavy atom. The first kappa shape index (κ1) is 22.1. The summed E-state index contributed by atoms with van der Waals surface area (Å²) in [6.07, 6.45) is 8.14. The van der Waals surface area contributed by atoms with E-state index in [-0.39, 0.29) is 5.69 Å². The zero-order valence-electron chi connectivity index (χ0n) is 18.9. The van der Waals surface area contributed by atoms with Crippen LogP contribution in [0.2, 0.25) is 0 Å². The molecule has 1 aliphatic rings. The molecular formula is C24H34N4O2. The van der Waals surface area contributed by atoms with Gasteiger partial charge in [-0.1, -0.05) is 6.58 Å². The fraction of sp³-hybridized carbons (Fsp3) is 0.500. The molecule has 6 heteroatoms. The number of imidazole rings is 1. The molecule has 1 aliphatic carbocycles. The third kappa shape index (κ3) is 4.75. The van der Waals surface area contributed by atoms with Crippen molar-refractivity contribution in [2.24, 2.45) is 7.05 Å². The van der Waals surface area contributed by atoms with Crippen LogP contribution in [0.25, 0.3) is 11.1 Å². The highest BCUT2D eigenvalue weighted by molar-refractivity contribution is 5.81. The van der Waals surface area contributed by atoms with Gasteiger partial charge in [0, 0.05) is 37.6 Å². The van der Waals surface area contributed by atoms with E-state index in [1.54, 1.807) is 10.8 Å². The molecule has 0 bridgehead atoms. The number of nitrogens with zero attached hydrogens (tertiary/aromatic N) is 4. The highest BCUT2D eigenvalue weighted by atomic mass is 16.5. The fourth-order valence-electron chi connectivity index (χ4n) is 3.82. The largest absolute Gasteiger partial charge is 0.478 e. The number of hydrogen-bond donors (Lipinski definition) is 0. The molecule has 2 aromatic heterocycles. The van der Waals surface area contributed by atoms with E-state index in [1.807, 2.05) is 36.7 Å². The van der Waals surface area contributed by atoms with Gasteiger partial charge in [0.05, 0.1) is 12.3 Å². The lowest BCUT2D eigenvalue weighted by Crippen LogP contribution is -2.30. The van der Waals surface area contributed by atoms with Crippen molar-refractivity contribution < 1.29 is 4.74 Å². The molecule has 6 nitrogen and oxygen atoms in total. The van der Waals surface area contributed by atoms with Gasteiger partial charge in [0.25, 0.3) is 0 Å². The van der Waals surface area contributed by atoms with E-state index < -0.39 is 0 Å². The maximum Gasteiger partial charge on any atom is 0.328 e. The monoisotopic (exact) mass is 410 g/mol. The second-order valence-corrected chi connectivity index (χ2v) is 8.47. The minimum atomic E-state index is 0.0722. The van der Waals surface area contributed by atoms with Crippen molar-refractivity contribution >= 4 is 11.1 Å². The first-order valence-corrected chi connectivity index (χ1v) is 10.7. The molecule has 3 rings (SSSR count). The number of ether oxygens (including phenoxy) is 1. The minimum absolute atomic E-state index is 0.0722. The van der Waals surface area contributed by atoms with E-state index in [2.05, 4.69) is 37.5 Å². The molecule has 162 valence electrons. The van der Waals surface area contributed by atoms with Crippen LogP contribution in [0.15, 0.2) is 35.8 Å². The zero-order chi connectivity index (χ0) is 21.8. The molecule has 2 aromatic rings. The number of hydrogen-bond acceptors (Lipinski definition) is 4. The van der Waals surface area contributed by atoms with E-state index in [0.29, 0.717) is 18.5 Å². The van der Waals surface area contributed by atoms with Gasteiger partial charge < -0.3 is 9.64 Å². The van der Waals surface area contributed by atoms with Crippen molar-refractivity contribution in [1.29, 1.82) is 0 Å². The maximum absolute atomic E-state index is 12.7. The molecule has 1 fully saturated rings. The van der Waals surface area contributed by atoms with Crippen molar-refractivity contribution in [3.8, 4) is 5.88 Å². The van der Waals surface area contributed by atoms with Crippen LogP contribution in [0, 0.1) is 6.92 Å². The fourth-order valence-corrected chi connectivity index (χ4v) is 3.82. The predicted octanol–water partition coefficient (Wildman–Crippen LogP) is 4.06. The summed E-state index contributed by atoms with van der Waals surface area (Å²) in [6, 6.07) is 4.18. The molecule has 0 N–H and O–H groups in total. The smallest absolute Gasteiger partial charge is 0.328 e. The summed E-state index contributed by atoms with van der Waals surface area (Å²) in [5, 5.41) is 0. The Bertz CT molecular complexity index is 976. The summed E-state index contributed by atoms with van der Waals surface area (Å²) in [5.74, 6) is 0.628. The van der Waals surface area contributed by atoms with Gasteiger partial charge in [-0.15, -0.1) is 0 Å². The van der Waals surface area contributed by atoms with Gasteiger partial charge in [-0.25, -0.2) is 9.78 Å². The van der Waals surface area contributed by atoms with Crippen LogP contribution in [0.1, 0.15) is 55.6 Å². The van der Waals surface area contributed by atoms with Crippen molar-refractivity contribution in [1.82, 2.24) is 19.0 Å². The van der Waals surface area contributed by atoms with E-state index in [4.69, 9.17) is 4.74 Å². The lowest BCUT2D eigenvalue weighted by atomic mass is 9.92. The standard InChI is InChI=1S/C24H34N4O2/c1-17(20-11-12-22(25-16-20)30-14-8-13-26(4)5)15-18(2)23-19(3)27(6)24(29)28(23)21-9-7-10-21/h11-12,15-16,21H,1,7-10,13-14H2,2-6H3/b18-15+. The lowest BCUT2D eigenvalue weighted by molar-refractivity contribution is 0.273. The van der Waals surface area contributed by atoms with Crippen LogP contribution >= 0.6 is 0 Å². The average Bonchev–Trinajstić information content (AvgIpc) is 2.88. The van der Waals surface area contributed by atoms with Crippen LogP contribution in [-0.4, -0.2) is 46.3 Å². The molecule has 1 saturated carbocycles. The van der Waals surface area contributed by atoms with E-state index in [1.165, 1.54) is 6.42 Å². The van der Waals surface area contributed by atoms with Crippen LogP contribution in [0.5, 0.6) is 5.88 Å². The predicted molar refractivity (Wildman–Crippen MR) is 123 cm³/mol. The molecule has 0 atom stereocenters. The topological polar surface area (TPSA) is 52.3 Å². The Morgan fingerprint density at radius 2 is 2.10 bits per heavy atom. The second-order valence-electron chi connectivity index (χ2n) is 8.47. The quantitative estimate of drug-likeness (QED) is 0.462. The summed E-state index contributed by atoms with van der Waals surface area (Å²) in [6.45, 7) is 9.93. The summed E-state index contributed by atoms with van der Waals surface area (Å²) < 4.78 is 9.43. The van der Waals surface area contributed by atoms with Gasteiger partial charge in [-0.3, -0.25) is 9.13 Å². The number of allylic oxidation sites excluding steroid dienone is 3. The zero-order valence-corrected chi connectivity index (χ0v) is 18.9. The Hall–Kier alpha value is -2.60. The molecule has 0 radical (unpaired) electrons. The second kappa shape index (κ2) is 9.47. The molecular weight excluding hydrogens is 376 g/mol. The van der Waals surface area contributed by atoms with Crippen LogP contribution < -0.4 is 10.4 Å². The molecule has 0 unspecified atom stereocenters. The Morgan fingerprint density at radius 1 is 1.37 bits per heavy atom. The Kier molecular flexibility index (Phi) is 6.98. The molecule has 0 saturated heterocycles. The van der Waals surface area contributed by atoms with E-state index in [0.717, 1.165) is 53.9 Å². The SMILES string of the molecule is C=C(/C=C(\C)c1c(C)n(C)c(=O)n1C1CCC1)c1ccc(OCCCN(C)C)nc1. The van der Waals surface area contributed by atoms with Gasteiger partial charge in [0.15, 0.2) is 0 Å². The average molecular weight is 411 g/mol. The van der Waals surface area contributed by atoms with E-state index >= 15 is 0 Å². The minimum Gasteiger partial charge on any atom is -0.478 e. The molecule has 0 amide bonds. The lowest BCUT2D eigenvalue weighted by Gasteiger charge is -2.28. The normalized spacial score (nSPS) is 14.8. The van der Waals surface area contributed by atoms with Gasteiger partial charge >= 0.3 is 5.69 Å². The molecule has 0 spiro atoms. The summed E-state index contributed by atoms with van der Waals surface area (Å²) in [5.41, 5.74) is 4.94. The third-order valence-corrected chi connectivity index (χ3v) is 5.89. The first-order chi connectivity index (χ1) is 14.3. The van der Waals surface area contributed by atoms with Crippen LogP contribution in [0.3, 0.4) is 0 Å². The van der Waals surface area contributed by atoms with Gasteiger partial charge in [0.2, 0.25) is 5.88 Å². The molecule has 0 aromatic carbocycles. The third-order valence-electron chi connectivity index (χ3n) is 5.89. The van der Waals surface area contributed by atoms with Crippen LogP contribution in [-0.2, 0) is 7.05 Å². The Balaban J connectivity index is 1.74. The summed E-state index contributed by atoms with van der Waals surface area (Å²) in [4.78, 5) is 19.3. The van der Waals surface area contributed by atoms with Crippen molar-refractivity contribution in [3.05, 3.63) is 58.4 Å². The Labute approximate surface area is 179 Å². The summed E-state index contributed by atoms with van der Waals surface area (Å²) in [7, 11) is 5.95. The highest BCUT2D eigenvalue weighted by Gasteiger charge is 2.27. The van der Waals surface area contributed by atoms with Gasteiger partial charge in [-0.05, 0) is 82.5 Å². The van der Waals surface area contributed by atoms with E-state index in [9.17, 15) is 4.79 Å². The number of pyridine rings is 1. The first-order valence-electron chi connectivity index (χ1n) is 10.7. The number of aromatic nitrogens is 3. The van der Waals surface area contributed by atoms with Crippen LogP contribution in [0.4, 0.5) is 0 Å². The maximum atomic E-state index is 12.7. The van der Waals surface area contributed by atoms with Gasteiger partial charge in [-0.2, -0.15) is 0 Å². The molecule has 2 heterocycles. The van der Waals surface area contributed by atoms with Gasteiger partial charge in [0.1, 0.15) is 0 Å². The van der Waals surface area contributed by atoms with Crippen molar-refractivity contribution in [3.63, 3.8) is 0 Å². The molecule has 30 heavy (non-hydrogen) atoms.